The molecular weight excluding hydrogens is 437 g/mol. The van der Waals surface area contributed by atoms with Gasteiger partial charge in [-0.2, -0.15) is 13.2 Å². The molecular formula is C21H14ClF3N2O4. The van der Waals surface area contributed by atoms with E-state index in [2.05, 4.69) is 10.3 Å². The van der Waals surface area contributed by atoms with Crippen molar-refractivity contribution >= 4 is 29.2 Å². The Morgan fingerprint density at radius 2 is 1.77 bits per heavy atom. The van der Waals surface area contributed by atoms with Crippen LogP contribution in [0.15, 0.2) is 60.8 Å². The van der Waals surface area contributed by atoms with Crippen LogP contribution in [0.2, 0.25) is 5.02 Å². The lowest BCUT2D eigenvalue weighted by Gasteiger charge is -2.10. The number of aromatic nitrogens is 1. The van der Waals surface area contributed by atoms with Gasteiger partial charge in [0.1, 0.15) is 5.75 Å². The molecule has 0 unspecified atom stereocenters. The lowest BCUT2D eigenvalue weighted by Crippen LogP contribution is -2.13. The average Bonchev–Trinajstić information content (AvgIpc) is 2.70. The molecule has 0 saturated carbocycles. The van der Waals surface area contributed by atoms with E-state index in [1.165, 1.54) is 30.5 Å². The maximum Gasteiger partial charge on any atom is 0.416 e. The number of carbonyl (C=O) groups excluding carboxylic acids is 1. The highest BCUT2D eigenvalue weighted by molar-refractivity contribution is 6.32. The van der Waals surface area contributed by atoms with Gasteiger partial charge in [-0.3, -0.25) is 9.59 Å². The number of carbonyl (C=O) groups is 2. The van der Waals surface area contributed by atoms with Crippen molar-refractivity contribution in [1.29, 1.82) is 0 Å². The van der Waals surface area contributed by atoms with Gasteiger partial charge in [-0.15, -0.1) is 0 Å². The van der Waals surface area contributed by atoms with Crippen LogP contribution in [0.3, 0.4) is 0 Å². The van der Waals surface area contributed by atoms with Crippen molar-refractivity contribution in [3.05, 3.63) is 82.5 Å². The van der Waals surface area contributed by atoms with Gasteiger partial charge in [0.05, 0.1) is 28.9 Å². The summed E-state index contributed by atoms with van der Waals surface area (Å²) in [6, 6.07) is 11.3. The van der Waals surface area contributed by atoms with Crippen molar-refractivity contribution in [3.8, 4) is 11.6 Å². The van der Waals surface area contributed by atoms with E-state index >= 15 is 0 Å². The maximum absolute atomic E-state index is 12.6. The lowest BCUT2D eigenvalue weighted by atomic mass is 10.1. The zero-order valence-corrected chi connectivity index (χ0v) is 16.4. The van der Waals surface area contributed by atoms with Gasteiger partial charge in [0.25, 0.3) is 5.91 Å². The van der Waals surface area contributed by atoms with E-state index in [0.717, 1.165) is 24.3 Å². The van der Waals surface area contributed by atoms with Crippen molar-refractivity contribution in [1.82, 2.24) is 4.98 Å². The van der Waals surface area contributed by atoms with E-state index in [1.54, 1.807) is 6.07 Å². The van der Waals surface area contributed by atoms with Gasteiger partial charge in [0.15, 0.2) is 0 Å². The topological polar surface area (TPSA) is 88.5 Å². The first-order valence-corrected chi connectivity index (χ1v) is 9.12. The van der Waals surface area contributed by atoms with E-state index < -0.39 is 23.6 Å². The quantitative estimate of drug-likeness (QED) is 0.523. The average molecular weight is 451 g/mol. The Kier molecular flexibility index (Phi) is 6.45. The fraction of sp³-hybridized carbons (Fsp3) is 0.0952. The molecule has 1 heterocycles. The van der Waals surface area contributed by atoms with Gasteiger partial charge in [0.2, 0.25) is 5.88 Å². The predicted molar refractivity (Wildman–Crippen MR) is 106 cm³/mol. The third kappa shape index (κ3) is 5.95. The smallest absolute Gasteiger partial charge is 0.416 e. The molecule has 31 heavy (non-hydrogen) atoms. The summed E-state index contributed by atoms with van der Waals surface area (Å²) >= 11 is 6.10. The van der Waals surface area contributed by atoms with Gasteiger partial charge in [-0.25, -0.2) is 4.98 Å². The largest absolute Gasteiger partial charge is 0.481 e. The Morgan fingerprint density at radius 3 is 2.32 bits per heavy atom. The minimum Gasteiger partial charge on any atom is -0.481 e. The second-order valence-corrected chi connectivity index (χ2v) is 6.76. The summed E-state index contributed by atoms with van der Waals surface area (Å²) in [6.07, 6.45) is -3.34. The number of carboxylic acids is 1. The Hall–Kier alpha value is -3.59. The Bertz CT molecular complexity index is 1100. The van der Waals surface area contributed by atoms with Crippen LogP contribution >= 0.6 is 11.6 Å². The Morgan fingerprint density at radius 1 is 1.06 bits per heavy atom. The molecule has 10 heteroatoms. The molecule has 1 amide bonds. The van der Waals surface area contributed by atoms with Crippen molar-refractivity contribution < 1.29 is 32.6 Å². The number of anilines is 1. The second-order valence-electron chi connectivity index (χ2n) is 6.35. The van der Waals surface area contributed by atoms with Crippen molar-refractivity contribution in [2.75, 3.05) is 5.32 Å². The van der Waals surface area contributed by atoms with Crippen LogP contribution in [0.5, 0.6) is 11.6 Å². The molecule has 1 aromatic heterocycles. The van der Waals surface area contributed by atoms with E-state index in [9.17, 15) is 22.8 Å². The van der Waals surface area contributed by atoms with Gasteiger partial charge >= 0.3 is 12.1 Å². The van der Waals surface area contributed by atoms with E-state index in [0.29, 0.717) is 11.3 Å². The number of nitrogens with zero attached hydrogens (tertiary/aromatic N) is 1. The monoisotopic (exact) mass is 450 g/mol. The summed E-state index contributed by atoms with van der Waals surface area (Å²) in [7, 11) is 0. The highest BCUT2D eigenvalue weighted by Crippen LogP contribution is 2.30. The lowest BCUT2D eigenvalue weighted by molar-refractivity contribution is -0.138. The van der Waals surface area contributed by atoms with Crippen LogP contribution in [-0.4, -0.2) is 22.0 Å². The number of aliphatic carboxylic acids is 1. The number of rotatable bonds is 6. The molecule has 3 rings (SSSR count). The van der Waals surface area contributed by atoms with Crippen LogP contribution < -0.4 is 10.1 Å². The second kappa shape index (κ2) is 9.05. The molecule has 0 bridgehead atoms. The molecule has 0 aliphatic rings. The van der Waals surface area contributed by atoms with E-state index in [4.69, 9.17) is 21.4 Å². The van der Waals surface area contributed by atoms with Crippen LogP contribution in [-0.2, 0) is 17.4 Å². The minimum absolute atomic E-state index is 0.0570. The van der Waals surface area contributed by atoms with Crippen LogP contribution in [0.1, 0.15) is 21.5 Å². The molecule has 0 atom stereocenters. The number of pyridine rings is 1. The first kappa shape index (κ1) is 22.1. The van der Waals surface area contributed by atoms with Crippen LogP contribution in [0.4, 0.5) is 18.9 Å². The molecule has 0 radical (unpaired) electrons. The third-order valence-corrected chi connectivity index (χ3v) is 4.33. The number of halogens is 4. The first-order valence-electron chi connectivity index (χ1n) is 8.74. The van der Waals surface area contributed by atoms with Crippen LogP contribution in [0.25, 0.3) is 0 Å². The number of ether oxygens (including phenoxy) is 1. The third-order valence-electron chi connectivity index (χ3n) is 4.03. The van der Waals surface area contributed by atoms with Crippen molar-refractivity contribution in [2.24, 2.45) is 0 Å². The molecule has 2 N–H and O–H groups in total. The van der Waals surface area contributed by atoms with Gasteiger partial charge < -0.3 is 15.2 Å². The fourth-order valence-electron chi connectivity index (χ4n) is 2.55. The molecule has 2 aromatic carbocycles. The molecule has 0 aliphatic carbocycles. The molecule has 0 spiro atoms. The fourth-order valence-corrected chi connectivity index (χ4v) is 2.79. The molecule has 0 aliphatic heterocycles. The summed E-state index contributed by atoms with van der Waals surface area (Å²) < 4.78 is 43.4. The highest BCUT2D eigenvalue weighted by Gasteiger charge is 2.30. The number of carboxylic acid groups (broad SMARTS) is 1. The van der Waals surface area contributed by atoms with Crippen molar-refractivity contribution in [3.63, 3.8) is 0 Å². The number of amides is 1. The van der Waals surface area contributed by atoms with E-state index in [-0.39, 0.29) is 28.6 Å². The maximum atomic E-state index is 12.6. The summed E-state index contributed by atoms with van der Waals surface area (Å²) in [6.45, 7) is 0. The number of hydrogen-bond acceptors (Lipinski definition) is 4. The van der Waals surface area contributed by atoms with Gasteiger partial charge in [-0.1, -0.05) is 17.7 Å². The molecule has 6 nitrogen and oxygen atoms in total. The first-order chi connectivity index (χ1) is 14.6. The predicted octanol–water partition coefficient (Wildman–Crippen LogP) is 5.43. The zero-order chi connectivity index (χ0) is 22.6. The number of hydrogen-bond donors (Lipinski definition) is 2. The van der Waals surface area contributed by atoms with Gasteiger partial charge in [-0.05, 0) is 48.0 Å². The van der Waals surface area contributed by atoms with E-state index in [1.807, 2.05) is 0 Å². The summed E-state index contributed by atoms with van der Waals surface area (Å²) in [4.78, 5) is 27.0. The number of benzene rings is 2. The molecule has 3 aromatic rings. The number of nitrogens with one attached hydrogen (secondary N) is 1. The Labute approximate surface area is 179 Å². The molecule has 0 saturated heterocycles. The molecule has 0 fully saturated rings. The summed E-state index contributed by atoms with van der Waals surface area (Å²) in [5, 5.41) is 11.5. The standard InChI is InChI=1S/C21H14ClF3N2O4/c22-16-9-12(10-19(28)29)1-7-17(16)31-18-8-6-15(11-26-18)27-20(30)13-2-4-14(5-3-13)21(23,24)25/h1-9,11H,10H2,(H,27,30)(H,28,29). The van der Waals surface area contributed by atoms with Gasteiger partial charge in [0, 0.05) is 11.6 Å². The molecule has 160 valence electrons. The zero-order valence-electron chi connectivity index (χ0n) is 15.6. The SMILES string of the molecule is O=C(O)Cc1ccc(Oc2ccc(NC(=O)c3ccc(C(F)(F)F)cc3)cn2)c(Cl)c1. The Balaban J connectivity index is 1.64. The summed E-state index contributed by atoms with van der Waals surface area (Å²) in [5.74, 6) is -1.15. The number of alkyl halides is 3. The van der Waals surface area contributed by atoms with Crippen LogP contribution in [0, 0.1) is 0 Å². The normalized spacial score (nSPS) is 11.1. The summed E-state index contributed by atoms with van der Waals surface area (Å²) in [5.41, 5.74) is 0.0303. The minimum atomic E-state index is -4.48. The highest BCUT2D eigenvalue weighted by atomic mass is 35.5. The van der Waals surface area contributed by atoms with Crippen molar-refractivity contribution in [2.45, 2.75) is 12.6 Å².